The molecular weight excluding hydrogens is 548 g/mol. The van der Waals surface area contributed by atoms with Crippen LogP contribution in [0.15, 0.2) is 54.6 Å². The van der Waals surface area contributed by atoms with Gasteiger partial charge in [-0.25, -0.2) is 9.59 Å². The van der Waals surface area contributed by atoms with Gasteiger partial charge in [-0.2, -0.15) is 0 Å². The van der Waals surface area contributed by atoms with Gasteiger partial charge in [0.1, 0.15) is 11.5 Å². The number of para-hydroxylation sites is 2. The molecule has 3 unspecified atom stereocenters. The van der Waals surface area contributed by atoms with Gasteiger partial charge in [0.25, 0.3) is 0 Å². The van der Waals surface area contributed by atoms with Crippen LogP contribution >= 0.6 is 0 Å². The first kappa shape index (κ1) is 35.5. The van der Waals surface area contributed by atoms with E-state index in [0.717, 1.165) is 56.9 Å². The Morgan fingerprint density at radius 2 is 1.41 bits per heavy atom. The van der Waals surface area contributed by atoms with Gasteiger partial charge < -0.3 is 20.1 Å². The lowest BCUT2D eigenvalue weighted by Crippen LogP contribution is -2.55. The van der Waals surface area contributed by atoms with Crippen LogP contribution < -0.4 is 20.1 Å². The van der Waals surface area contributed by atoms with E-state index in [2.05, 4.69) is 51.3 Å². The van der Waals surface area contributed by atoms with E-state index < -0.39 is 12.2 Å². The zero-order chi connectivity index (χ0) is 31.8. The minimum Gasteiger partial charge on any atom is -0.410 e. The summed E-state index contributed by atoms with van der Waals surface area (Å²) >= 11 is 0. The monoisotopic (exact) mass is 606 g/mol. The van der Waals surface area contributed by atoms with Gasteiger partial charge in [0.15, 0.2) is 0 Å². The van der Waals surface area contributed by atoms with Gasteiger partial charge in [-0.3, -0.25) is 0 Å². The molecule has 3 rings (SSSR count). The molecule has 0 aliphatic heterocycles. The van der Waals surface area contributed by atoms with Gasteiger partial charge in [-0.1, -0.05) is 129 Å². The lowest BCUT2D eigenvalue weighted by atomic mass is 9.59. The van der Waals surface area contributed by atoms with Crippen molar-refractivity contribution in [3.05, 3.63) is 60.2 Å². The summed E-state index contributed by atoms with van der Waals surface area (Å²) in [5.74, 6) is 1.18. The maximum atomic E-state index is 13.3. The van der Waals surface area contributed by atoms with Gasteiger partial charge >= 0.3 is 12.2 Å². The predicted octanol–water partition coefficient (Wildman–Crippen LogP) is 10.4. The van der Waals surface area contributed by atoms with Crippen LogP contribution in [0.3, 0.4) is 0 Å². The zero-order valence-electron chi connectivity index (χ0n) is 28.1. The van der Waals surface area contributed by atoms with Crippen LogP contribution in [0, 0.1) is 10.8 Å². The van der Waals surface area contributed by atoms with E-state index in [1.165, 1.54) is 44.9 Å². The van der Waals surface area contributed by atoms with Crippen molar-refractivity contribution in [1.29, 1.82) is 0 Å². The number of carbonyl (C=O) groups excluding carboxylic acids is 2. The van der Waals surface area contributed by atoms with Crippen molar-refractivity contribution in [2.45, 2.75) is 143 Å². The van der Waals surface area contributed by atoms with E-state index in [1.54, 1.807) is 12.1 Å². The quantitative estimate of drug-likeness (QED) is 0.176. The number of hydrogen-bond acceptors (Lipinski definition) is 4. The lowest BCUT2D eigenvalue weighted by molar-refractivity contribution is 0.0365. The molecule has 0 heterocycles. The number of amides is 2. The molecule has 1 aliphatic rings. The highest BCUT2D eigenvalue weighted by molar-refractivity contribution is 5.71. The largest absolute Gasteiger partial charge is 0.412 e. The van der Waals surface area contributed by atoms with E-state index in [9.17, 15) is 9.59 Å². The molecule has 2 N–H and O–H groups in total. The Bertz CT molecular complexity index is 1130. The van der Waals surface area contributed by atoms with E-state index in [0.29, 0.717) is 11.5 Å². The van der Waals surface area contributed by atoms with E-state index >= 15 is 0 Å². The van der Waals surface area contributed by atoms with Crippen molar-refractivity contribution < 1.29 is 19.1 Å². The Kier molecular flexibility index (Phi) is 14.6. The molecule has 2 aromatic carbocycles. The van der Waals surface area contributed by atoms with E-state index in [4.69, 9.17) is 9.47 Å². The number of ether oxygens (including phenoxy) is 2. The molecule has 0 aromatic heterocycles. The Morgan fingerprint density at radius 1 is 0.773 bits per heavy atom. The van der Waals surface area contributed by atoms with Gasteiger partial charge in [0, 0.05) is 12.1 Å². The molecule has 244 valence electrons. The van der Waals surface area contributed by atoms with Crippen molar-refractivity contribution in [1.82, 2.24) is 10.6 Å². The molecule has 3 atom stereocenters. The van der Waals surface area contributed by atoms with Crippen molar-refractivity contribution in [3.63, 3.8) is 0 Å². The van der Waals surface area contributed by atoms with E-state index in [1.807, 2.05) is 36.4 Å². The molecule has 0 saturated heterocycles. The number of aryl methyl sites for hydroxylation is 1. The highest BCUT2D eigenvalue weighted by atomic mass is 16.6. The molecule has 44 heavy (non-hydrogen) atoms. The third kappa shape index (κ3) is 12.2. The number of nitrogens with one attached hydrogen (secondary N) is 2. The summed E-state index contributed by atoms with van der Waals surface area (Å²) < 4.78 is 11.6. The predicted molar refractivity (Wildman–Crippen MR) is 180 cm³/mol. The highest BCUT2D eigenvalue weighted by Gasteiger charge is 2.46. The standard InChI is InChI=1S/C38H58N2O4/c1-6-8-10-12-15-21-30-22-19-20-25-33(30)44-35(41)39-31-27-37(3,4)29-38(5,28-31)34(26-18-13-11-9-7-2)40-36(42)43-32-23-16-14-17-24-32/h14,16-17,19-20,22-25,31,34H,6-13,15,18,21,26-29H2,1-5H3,(H,39,41)(H,40,42). The summed E-state index contributed by atoms with van der Waals surface area (Å²) in [6.45, 7) is 11.2. The highest BCUT2D eigenvalue weighted by Crippen LogP contribution is 2.49. The summed E-state index contributed by atoms with van der Waals surface area (Å²) in [6.07, 6.45) is 15.4. The maximum absolute atomic E-state index is 13.3. The smallest absolute Gasteiger partial charge is 0.410 e. The van der Waals surface area contributed by atoms with Gasteiger partial charge in [0.05, 0.1) is 0 Å². The Hall–Kier alpha value is -3.02. The average Bonchev–Trinajstić information content (AvgIpc) is 2.96. The average molecular weight is 607 g/mol. The SMILES string of the molecule is CCCCCCCc1ccccc1OC(=O)NC1CC(C)(C)CC(C)(C(CCCCCCC)NC(=O)Oc2ccccc2)C1. The maximum Gasteiger partial charge on any atom is 0.412 e. The number of benzene rings is 2. The number of rotatable bonds is 17. The Labute approximate surface area is 267 Å². The van der Waals surface area contributed by atoms with Crippen LogP contribution in [0.5, 0.6) is 11.5 Å². The van der Waals surface area contributed by atoms with Crippen LogP contribution in [0.25, 0.3) is 0 Å². The third-order valence-corrected chi connectivity index (χ3v) is 9.12. The molecular formula is C38H58N2O4. The normalized spacial score (nSPS) is 20.0. The molecule has 6 heteroatoms. The van der Waals surface area contributed by atoms with Gasteiger partial charge in [-0.15, -0.1) is 0 Å². The molecule has 6 nitrogen and oxygen atoms in total. The first-order valence-electron chi connectivity index (χ1n) is 17.2. The molecule has 1 saturated carbocycles. The second kappa shape index (κ2) is 18.1. The minimum atomic E-state index is -0.422. The fourth-order valence-electron chi connectivity index (χ4n) is 7.25. The molecule has 0 spiro atoms. The summed E-state index contributed by atoms with van der Waals surface area (Å²) in [6, 6.07) is 17.0. The fourth-order valence-corrected chi connectivity index (χ4v) is 7.25. The zero-order valence-corrected chi connectivity index (χ0v) is 28.1. The lowest BCUT2D eigenvalue weighted by Gasteiger charge is -2.50. The fraction of sp³-hybridized carbons (Fsp3) is 0.632. The minimum absolute atomic E-state index is 0.0210. The first-order chi connectivity index (χ1) is 21.1. The second-order valence-electron chi connectivity index (χ2n) is 14.0. The van der Waals surface area contributed by atoms with E-state index in [-0.39, 0.29) is 22.9 Å². The van der Waals surface area contributed by atoms with Crippen molar-refractivity contribution in [2.24, 2.45) is 10.8 Å². The summed E-state index contributed by atoms with van der Waals surface area (Å²) in [5.41, 5.74) is 0.834. The van der Waals surface area contributed by atoms with Crippen molar-refractivity contribution >= 4 is 12.2 Å². The van der Waals surface area contributed by atoms with Crippen LogP contribution in [-0.2, 0) is 6.42 Å². The van der Waals surface area contributed by atoms with Crippen LogP contribution in [-0.4, -0.2) is 24.3 Å². The van der Waals surface area contributed by atoms with Crippen LogP contribution in [0.4, 0.5) is 9.59 Å². The second-order valence-corrected chi connectivity index (χ2v) is 14.0. The van der Waals surface area contributed by atoms with Gasteiger partial charge in [-0.05, 0) is 73.1 Å². The molecule has 1 fully saturated rings. The molecule has 2 aromatic rings. The van der Waals surface area contributed by atoms with Crippen molar-refractivity contribution in [2.75, 3.05) is 0 Å². The number of unbranched alkanes of at least 4 members (excludes halogenated alkanes) is 8. The topological polar surface area (TPSA) is 76.7 Å². The Balaban J connectivity index is 1.68. The molecule has 1 aliphatic carbocycles. The summed E-state index contributed by atoms with van der Waals surface area (Å²) in [4.78, 5) is 26.4. The molecule has 0 radical (unpaired) electrons. The summed E-state index contributed by atoms with van der Waals surface area (Å²) in [7, 11) is 0. The number of hydrogen-bond donors (Lipinski definition) is 2. The Morgan fingerprint density at radius 3 is 2.11 bits per heavy atom. The van der Waals surface area contributed by atoms with Crippen LogP contribution in [0.2, 0.25) is 0 Å². The molecule has 0 bridgehead atoms. The summed E-state index contributed by atoms with van der Waals surface area (Å²) in [5, 5.41) is 6.47. The first-order valence-corrected chi connectivity index (χ1v) is 17.2. The van der Waals surface area contributed by atoms with Gasteiger partial charge in [0.2, 0.25) is 0 Å². The molecule has 2 amide bonds. The number of carbonyl (C=O) groups is 2. The van der Waals surface area contributed by atoms with Crippen molar-refractivity contribution in [3.8, 4) is 11.5 Å². The van der Waals surface area contributed by atoms with Crippen LogP contribution in [0.1, 0.15) is 130 Å². The third-order valence-electron chi connectivity index (χ3n) is 9.12.